The molecule has 1 amide bonds. The molecule has 1 aliphatic heterocycles. The van der Waals surface area contributed by atoms with Gasteiger partial charge in [0.15, 0.2) is 0 Å². The quantitative estimate of drug-likeness (QED) is 0.0568. The minimum atomic E-state index is -0.921. The number of aromatic nitrogens is 3. The fraction of sp³-hybridized carbons (Fsp3) is 0.486. The second-order valence-electron chi connectivity index (χ2n) is 12.2. The molecule has 3 heterocycles. The zero-order valence-electron chi connectivity index (χ0n) is 29.6. The Morgan fingerprint density at radius 3 is 2.33 bits per heavy atom. The summed E-state index contributed by atoms with van der Waals surface area (Å²) in [4.78, 5) is 37.9. The Morgan fingerprint density at radius 2 is 1.69 bits per heavy atom. The van der Waals surface area contributed by atoms with Gasteiger partial charge in [-0.1, -0.05) is 17.5 Å². The summed E-state index contributed by atoms with van der Waals surface area (Å²) in [5.74, 6) is 2.76. The van der Waals surface area contributed by atoms with Crippen molar-refractivity contribution in [2.75, 3.05) is 91.1 Å². The van der Waals surface area contributed by atoms with Gasteiger partial charge >= 0.3 is 0 Å². The number of benzene rings is 1. The van der Waals surface area contributed by atoms with Gasteiger partial charge in [0.2, 0.25) is 0 Å². The highest BCUT2D eigenvalue weighted by Crippen LogP contribution is 2.38. The number of likely N-dealkylation sites (tertiary alicyclic amines) is 1. The van der Waals surface area contributed by atoms with E-state index in [2.05, 4.69) is 15.5 Å². The molecule has 280 valence electrons. The van der Waals surface area contributed by atoms with E-state index in [1.54, 1.807) is 12.4 Å². The zero-order chi connectivity index (χ0) is 37.2. The lowest BCUT2D eigenvalue weighted by Crippen LogP contribution is -2.63. The number of anilines is 1. The lowest BCUT2D eigenvalue weighted by atomic mass is 9.74. The minimum Gasteiger partial charge on any atom is -0.405 e. The monoisotopic (exact) mass is 737 g/mol. The van der Waals surface area contributed by atoms with Gasteiger partial charge < -0.3 is 48.6 Å². The summed E-state index contributed by atoms with van der Waals surface area (Å²) in [5.41, 5.74) is 7.48. The van der Waals surface area contributed by atoms with E-state index < -0.39 is 11.3 Å². The number of halogens is 1. The Bertz CT molecular complexity index is 1690. The molecule has 4 rings (SSSR count). The second-order valence-corrected chi connectivity index (χ2v) is 12.6. The SMILES string of the molecule is C#CCOCCOCCOCCOCCOCCCCn1c(CN(C)c2cnccc2C2(C=O)CN(C(=O)C(=N)/C=C\N)C2)nc2cc(Cl)ccc21. The Balaban J connectivity index is 1.24. The first-order chi connectivity index (χ1) is 25.3. The highest BCUT2D eigenvalue weighted by molar-refractivity contribution is 6.42. The van der Waals surface area contributed by atoms with E-state index in [9.17, 15) is 9.59 Å². The van der Waals surface area contributed by atoms with Gasteiger partial charge in [0.25, 0.3) is 5.91 Å². The molecule has 0 spiro atoms. The molecule has 0 aliphatic carbocycles. The first-order valence-electron chi connectivity index (χ1n) is 17.2. The highest BCUT2D eigenvalue weighted by Gasteiger charge is 2.48. The first-order valence-corrected chi connectivity index (χ1v) is 17.6. The van der Waals surface area contributed by atoms with Crippen LogP contribution in [-0.4, -0.2) is 124 Å². The van der Waals surface area contributed by atoms with Crippen molar-refractivity contribution in [2.24, 2.45) is 5.73 Å². The van der Waals surface area contributed by atoms with Gasteiger partial charge in [0, 0.05) is 44.5 Å². The molecule has 0 radical (unpaired) electrons. The van der Waals surface area contributed by atoms with Crippen molar-refractivity contribution < 1.29 is 33.3 Å². The van der Waals surface area contributed by atoms with E-state index in [1.807, 2.05) is 36.2 Å². The number of aryl methyl sites for hydroxylation is 1. The predicted octanol–water partition coefficient (Wildman–Crippen LogP) is 2.99. The molecule has 3 N–H and O–H groups in total. The molecule has 2 aromatic heterocycles. The van der Waals surface area contributed by atoms with E-state index in [4.69, 9.17) is 57.8 Å². The van der Waals surface area contributed by atoms with Gasteiger partial charge in [0.05, 0.1) is 87.7 Å². The number of imidazole rings is 1. The molecule has 3 aromatic rings. The van der Waals surface area contributed by atoms with Crippen LogP contribution in [0.25, 0.3) is 11.0 Å². The smallest absolute Gasteiger partial charge is 0.271 e. The van der Waals surface area contributed by atoms with Crippen LogP contribution in [0.2, 0.25) is 5.02 Å². The number of terminal acetylenes is 1. The number of ether oxygens (including phenoxy) is 5. The standard InChI is InChI=1S/C37H48ClN7O7/c1-3-13-48-15-17-50-19-21-52-22-20-51-18-16-49-14-5-4-12-45-33-7-6-29(38)23-32(33)42-35(45)25-43(2)34-24-41-11-9-30(34)37(28-46)26-44(27-37)36(47)31(40)8-10-39/h1,6-11,23-24,28,40H,4-5,12-22,25-27,39H2,2H3/b10-8-,40-31?. The predicted molar refractivity (Wildman–Crippen MR) is 199 cm³/mol. The summed E-state index contributed by atoms with van der Waals surface area (Å²) in [6.07, 6.45) is 13.5. The van der Waals surface area contributed by atoms with Crippen molar-refractivity contribution in [3.63, 3.8) is 0 Å². The first kappa shape index (κ1) is 40.4. The molecule has 1 fully saturated rings. The Morgan fingerprint density at radius 1 is 1.04 bits per heavy atom. The van der Waals surface area contributed by atoms with Crippen LogP contribution >= 0.6 is 11.6 Å². The van der Waals surface area contributed by atoms with Crippen LogP contribution in [-0.2, 0) is 51.8 Å². The number of amides is 1. The summed E-state index contributed by atoms with van der Waals surface area (Å²) in [7, 11) is 1.93. The van der Waals surface area contributed by atoms with Gasteiger partial charge in [0.1, 0.15) is 24.4 Å². The normalized spacial score (nSPS) is 13.7. The summed E-state index contributed by atoms with van der Waals surface area (Å²) < 4.78 is 29.6. The van der Waals surface area contributed by atoms with Gasteiger partial charge in [-0.3, -0.25) is 15.2 Å². The lowest BCUT2D eigenvalue weighted by molar-refractivity contribution is -0.135. The second kappa shape index (κ2) is 21.2. The van der Waals surface area contributed by atoms with E-state index in [0.717, 1.165) is 60.0 Å². The third-order valence-corrected chi connectivity index (χ3v) is 8.70. The molecule has 1 aliphatic rings. The number of fused-ring (bicyclic) bond motifs is 1. The van der Waals surface area contributed by atoms with Crippen molar-refractivity contribution in [2.45, 2.75) is 31.3 Å². The molecule has 0 unspecified atom stereocenters. The van der Waals surface area contributed by atoms with Crippen molar-refractivity contribution in [1.82, 2.24) is 19.4 Å². The summed E-state index contributed by atoms with van der Waals surface area (Å²) in [6.45, 7) is 6.24. The van der Waals surface area contributed by atoms with Crippen LogP contribution in [0.3, 0.4) is 0 Å². The average Bonchev–Trinajstić information content (AvgIpc) is 3.46. The topological polar surface area (TPSA) is 167 Å². The van der Waals surface area contributed by atoms with Gasteiger partial charge in [-0.25, -0.2) is 4.98 Å². The lowest BCUT2D eigenvalue weighted by Gasteiger charge is -2.47. The number of rotatable bonds is 25. The van der Waals surface area contributed by atoms with Gasteiger partial charge in [-0.15, -0.1) is 6.42 Å². The van der Waals surface area contributed by atoms with Crippen LogP contribution in [0.1, 0.15) is 24.2 Å². The summed E-state index contributed by atoms with van der Waals surface area (Å²) in [6, 6.07) is 7.50. The maximum Gasteiger partial charge on any atom is 0.271 e. The van der Waals surface area contributed by atoms with E-state index >= 15 is 0 Å². The Labute approximate surface area is 309 Å². The van der Waals surface area contributed by atoms with Crippen LogP contribution < -0.4 is 10.6 Å². The Hall–Kier alpha value is -4.36. The molecule has 0 atom stereocenters. The van der Waals surface area contributed by atoms with E-state index in [1.165, 1.54) is 11.0 Å². The zero-order valence-corrected chi connectivity index (χ0v) is 30.4. The van der Waals surface area contributed by atoms with Crippen molar-refractivity contribution >= 4 is 46.2 Å². The molecule has 0 saturated carbocycles. The third-order valence-electron chi connectivity index (χ3n) is 8.46. The number of pyridine rings is 1. The minimum absolute atomic E-state index is 0.155. The van der Waals surface area contributed by atoms with Gasteiger partial charge in [-0.2, -0.15) is 0 Å². The van der Waals surface area contributed by atoms with E-state index in [-0.39, 0.29) is 25.4 Å². The number of carbonyl (C=O) groups excluding carboxylic acids is 2. The molecule has 1 aromatic carbocycles. The average molecular weight is 738 g/mol. The molecule has 1 saturated heterocycles. The Kier molecular flexibility index (Phi) is 16.5. The largest absolute Gasteiger partial charge is 0.405 e. The number of unbranched alkanes of at least 4 members (excludes halogenated alkanes) is 1. The highest BCUT2D eigenvalue weighted by atomic mass is 35.5. The van der Waals surface area contributed by atoms with Crippen LogP contribution in [0.5, 0.6) is 0 Å². The van der Waals surface area contributed by atoms with Crippen molar-refractivity contribution in [3.05, 3.63) is 65.3 Å². The molecule has 14 nitrogen and oxygen atoms in total. The number of nitrogens with zero attached hydrogens (tertiary/aromatic N) is 5. The molecule has 0 bridgehead atoms. The third kappa shape index (κ3) is 11.3. The maximum absolute atomic E-state index is 12.6. The number of nitrogens with one attached hydrogen (secondary N) is 1. The molecular formula is C37H48ClN7O7. The number of hydrogen-bond donors (Lipinski definition) is 2. The number of nitrogens with two attached hydrogens (primary N) is 1. The van der Waals surface area contributed by atoms with Crippen LogP contribution in [0.4, 0.5) is 5.69 Å². The molecular weight excluding hydrogens is 690 g/mol. The maximum atomic E-state index is 12.6. The van der Waals surface area contributed by atoms with Crippen LogP contribution in [0, 0.1) is 17.8 Å². The number of aldehydes is 1. The van der Waals surface area contributed by atoms with Crippen molar-refractivity contribution in [3.8, 4) is 12.3 Å². The fourth-order valence-electron chi connectivity index (χ4n) is 5.84. The molecule has 52 heavy (non-hydrogen) atoms. The number of hydrogen-bond acceptors (Lipinski definition) is 12. The van der Waals surface area contributed by atoms with Gasteiger partial charge in [-0.05, 0) is 54.9 Å². The summed E-state index contributed by atoms with van der Waals surface area (Å²) >= 11 is 6.32. The van der Waals surface area contributed by atoms with E-state index in [0.29, 0.717) is 71.0 Å². The van der Waals surface area contributed by atoms with Crippen molar-refractivity contribution in [1.29, 1.82) is 5.41 Å². The van der Waals surface area contributed by atoms with Crippen LogP contribution in [0.15, 0.2) is 48.9 Å². The number of carbonyl (C=O) groups is 2. The summed E-state index contributed by atoms with van der Waals surface area (Å²) in [5, 5.41) is 8.52. The fourth-order valence-corrected chi connectivity index (χ4v) is 6.01. The molecule has 15 heteroatoms.